The zero-order valence-corrected chi connectivity index (χ0v) is 19.2. The van der Waals surface area contributed by atoms with Crippen molar-refractivity contribution in [3.63, 3.8) is 0 Å². The second kappa shape index (κ2) is 8.90. The van der Waals surface area contributed by atoms with Crippen LogP contribution in [0.25, 0.3) is 5.69 Å². The summed E-state index contributed by atoms with van der Waals surface area (Å²) in [6.45, 7) is 7.72. The van der Waals surface area contributed by atoms with Gasteiger partial charge in [0.15, 0.2) is 5.78 Å². The third-order valence-electron chi connectivity index (χ3n) is 6.02. The molecule has 0 amide bonds. The van der Waals surface area contributed by atoms with Gasteiger partial charge in [0.2, 0.25) is 10.0 Å². The summed E-state index contributed by atoms with van der Waals surface area (Å²) in [5.74, 6) is 0.0960. The minimum atomic E-state index is -3.74. The molecule has 0 spiro atoms. The average Bonchev–Trinajstić information content (AvgIpc) is 3.08. The number of ketones is 1. The van der Waals surface area contributed by atoms with Gasteiger partial charge in [-0.3, -0.25) is 9.69 Å². The van der Waals surface area contributed by atoms with E-state index in [4.69, 9.17) is 5.14 Å². The zero-order chi connectivity index (χ0) is 22.9. The Morgan fingerprint density at radius 1 is 0.906 bits per heavy atom. The van der Waals surface area contributed by atoms with E-state index in [-0.39, 0.29) is 10.7 Å². The van der Waals surface area contributed by atoms with Crippen molar-refractivity contribution in [3.05, 3.63) is 77.6 Å². The molecule has 168 valence electrons. The van der Waals surface area contributed by atoms with Gasteiger partial charge in [-0.25, -0.2) is 13.6 Å². The van der Waals surface area contributed by atoms with Gasteiger partial charge in [0.25, 0.3) is 0 Å². The van der Waals surface area contributed by atoms with Gasteiger partial charge >= 0.3 is 0 Å². The number of nitrogens with zero attached hydrogens (tertiary/aromatic N) is 3. The van der Waals surface area contributed by atoms with Crippen molar-refractivity contribution >= 4 is 21.5 Å². The van der Waals surface area contributed by atoms with Crippen LogP contribution >= 0.6 is 0 Å². The summed E-state index contributed by atoms with van der Waals surface area (Å²) in [5, 5.41) is 5.19. The van der Waals surface area contributed by atoms with Crippen molar-refractivity contribution in [2.45, 2.75) is 18.7 Å². The lowest BCUT2D eigenvalue weighted by Gasteiger charge is -2.35. The highest BCUT2D eigenvalue weighted by atomic mass is 32.2. The number of hydrogen-bond acceptors (Lipinski definition) is 5. The largest absolute Gasteiger partial charge is 0.369 e. The Hall–Kier alpha value is -2.94. The minimum Gasteiger partial charge on any atom is -0.369 e. The summed E-state index contributed by atoms with van der Waals surface area (Å²) in [7, 11) is -3.74. The number of Topliss-reactive ketones (excluding diaryl/α,β-unsaturated/α-hetero) is 1. The Labute approximate surface area is 189 Å². The lowest BCUT2D eigenvalue weighted by atomic mass is 10.1. The molecule has 2 heterocycles. The summed E-state index contributed by atoms with van der Waals surface area (Å²) < 4.78 is 25.0. The highest BCUT2D eigenvalue weighted by Gasteiger charge is 2.22. The zero-order valence-electron chi connectivity index (χ0n) is 18.4. The molecule has 2 N–H and O–H groups in total. The Kier molecular flexibility index (Phi) is 6.19. The molecule has 0 unspecified atom stereocenters. The second-order valence-corrected chi connectivity index (χ2v) is 9.74. The standard InChI is InChI=1S/C24H28N4O3S/c1-18-16-23(19(2)28(18)21-8-10-22(11-9-21)32(25,30)31)24(29)17-26-12-14-27(15-13-26)20-6-4-3-5-7-20/h3-11,16H,12-15,17H2,1-2H3,(H2,25,30,31). The van der Waals surface area contributed by atoms with Crippen molar-refractivity contribution in [2.75, 3.05) is 37.6 Å². The lowest BCUT2D eigenvalue weighted by Crippen LogP contribution is -2.48. The number of rotatable bonds is 6. The fourth-order valence-electron chi connectivity index (χ4n) is 4.32. The van der Waals surface area contributed by atoms with E-state index in [2.05, 4.69) is 21.9 Å². The number of carbonyl (C=O) groups is 1. The summed E-state index contributed by atoms with van der Waals surface area (Å²) >= 11 is 0. The maximum atomic E-state index is 13.1. The topological polar surface area (TPSA) is 88.6 Å². The fourth-order valence-corrected chi connectivity index (χ4v) is 4.83. The first-order valence-corrected chi connectivity index (χ1v) is 12.2. The van der Waals surface area contributed by atoms with Crippen molar-refractivity contribution in [3.8, 4) is 5.69 Å². The van der Waals surface area contributed by atoms with Crippen LogP contribution in [-0.4, -0.2) is 56.4 Å². The number of benzene rings is 2. The Morgan fingerprint density at radius 3 is 2.12 bits per heavy atom. The molecule has 1 fully saturated rings. The van der Waals surface area contributed by atoms with Crippen LogP contribution in [0, 0.1) is 13.8 Å². The van der Waals surface area contributed by atoms with E-state index >= 15 is 0 Å². The first-order valence-electron chi connectivity index (χ1n) is 10.6. The molecule has 0 saturated carbocycles. The van der Waals surface area contributed by atoms with Crippen molar-refractivity contribution in [1.82, 2.24) is 9.47 Å². The lowest BCUT2D eigenvalue weighted by molar-refractivity contribution is 0.0926. The number of aromatic nitrogens is 1. The summed E-state index contributed by atoms with van der Waals surface area (Å²) in [6.07, 6.45) is 0. The van der Waals surface area contributed by atoms with Gasteiger partial charge in [-0.05, 0) is 56.3 Å². The number of para-hydroxylation sites is 1. The number of sulfonamides is 1. The number of nitrogens with two attached hydrogens (primary N) is 1. The molecule has 2 aromatic carbocycles. The normalized spacial score (nSPS) is 15.2. The van der Waals surface area contributed by atoms with Crippen LogP contribution in [0.5, 0.6) is 0 Å². The first-order chi connectivity index (χ1) is 15.2. The molecule has 4 rings (SSSR count). The number of piperazine rings is 1. The average molecular weight is 453 g/mol. The minimum absolute atomic E-state index is 0.0645. The Balaban J connectivity index is 1.45. The van der Waals surface area contributed by atoms with Crippen LogP contribution in [0.2, 0.25) is 0 Å². The number of carbonyl (C=O) groups excluding carboxylic acids is 1. The van der Waals surface area contributed by atoms with Gasteiger partial charge in [-0.2, -0.15) is 0 Å². The predicted molar refractivity (Wildman–Crippen MR) is 126 cm³/mol. The van der Waals surface area contributed by atoms with Crippen LogP contribution < -0.4 is 10.0 Å². The monoisotopic (exact) mass is 452 g/mol. The van der Waals surface area contributed by atoms with E-state index in [1.165, 1.54) is 17.8 Å². The summed E-state index contributed by atoms with van der Waals surface area (Å²) in [5.41, 5.74) is 4.48. The molecule has 0 radical (unpaired) electrons. The molecule has 1 aliphatic heterocycles. The molecule has 0 bridgehead atoms. The van der Waals surface area contributed by atoms with Gasteiger partial charge in [0.05, 0.1) is 11.4 Å². The van der Waals surface area contributed by atoms with E-state index in [1.54, 1.807) is 12.1 Å². The van der Waals surface area contributed by atoms with Gasteiger partial charge in [-0.1, -0.05) is 18.2 Å². The third kappa shape index (κ3) is 4.62. The van der Waals surface area contributed by atoms with Gasteiger partial charge in [0, 0.05) is 54.5 Å². The molecular weight excluding hydrogens is 424 g/mol. The van der Waals surface area contributed by atoms with Crippen molar-refractivity contribution in [2.24, 2.45) is 5.14 Å². The van der Waals surface area contributed by atoms with Crippen LogP contribution in [-0.2, 0) is 10.0 Å². The molecule has 0 atom stereocenters. The van der Waals surface area contributed by atoms with E-state index in [9.17, 15) is 13.2 Å². The molecular formula is C24H28N4O3S. The van der Waals surface area contributed by atoms with Crippen LogP contribution in [0.15, 0.2) is 65.6 Å². The van der Waals surface area contributed by atoms with Gasteiger partial charge < -0.3 is 9.47 Å². The van der Waals surface area contributed by atoms with Gasteiger partial charge in [0.1, 0.15) is 0 Å². The highest BCUT2D eigenvalue weighted by Crippen LogP contribution is 2.23. The molecule has 0 aliphatic carbocycles. The van der Waals surface area contributed by atoms with Gasteiger partial charge in [-0.15, -0.1) is 0 Å². The highest BCUT2D eigenvalue weighted by molar-refractivity contribution is 7.89. The molecule has 1 aliphatic rings. The number of anilines is 1. The van der Waals surface area contributed by atoms with Crippen LogP contribution in [0.4, 0.5) is 5.69 Å². The third-order valence-corrected chi connectivity index (χ3v) is 6.95. The maximum absolute atomic E-state index is 13.1. The predicted octanol–water partition coefficient (Wildman–Crippen LogP) is 2.75. The first kappa shape index (κ1) is 22.3. The number of aryl methyl sites for hydroxylation is 1. The van der Waals surface area contributed by atoms with Crippen molar-refractivity contribution in [1.29, 1.82) is 0 Å². The second-order valence-electron chi connectivity index (χ2n) is 8.18. The van der Waals surface area contributed by atoms with E-state index in [0.717, 1.165) is 43.3 Å². The van der Waals surface area contributed by atoms with E-state index < -0.39 is 10.0 Å². The quantitative estimate of drug-likeness (QED) is 0.581. The maximum Gasteiger partial charge on any atom is 0.238 e. The Bertz CT molecular complexity index is 1210. The fraction of sp³-hybridized carbons (Fsp3) is 0.292. The number of hydrogen-bond donors (Lipinski definition) is 1. The van der Waals surface area contributed by atoms with Crippen LogP contribution in [0.3, 0.4) is 0 Å². The van der Waals surface area contributed by atoms with Crippen LogP contribution in [0.1, 0.15) is 21.7 Å². The molecule has 32 heavy (non-hydrogen) atoms. The van der Waals surface area contributed by atoms with Crippen molar-refractivity contribution < 1.29 is 13.2 Å². The molecule has 3 aromatic rings. The van der Waals surface area contributed by atoms with E-state index in [0.29, 0.717) is 12.1 Å². The number of primary sulfonamides is 1. The molecule has 8 heteroatoms. The van der Waals surface area contributed by atoms with E-state index in [1.807, 2.05) is 42.7 Å². The molecule has 1 saturated heterocycles. The Morgan fingerprint density at radius 2 is 1.53 bits per heavy atom. The summed E-state index contributed by atoms with van der Waals surface area (Å²) in [4.78, 5) is 17.7. The molecule has 7 nitrogen and oxygen atoms in total. The smallest absolute Gasteiger partial charge is 0.238 e. The molecule has 1 aromatic heterocycles. The SMILES string of the molecule is Cc1cc(C(=O)CN2CCN(c3ccccc3)CC2)c(C)n1-c1ccc(S(N)(=O)=O)cc1. The summed E-state index contributed by atoms with van der Waals surface area (Å²) in [6, 6.07) is 18.6.